The van der Waals surface area contributed by atoms with E-state index in [0.29, 0.717) is 0 Å². The van der Waals surface area contributed by atoms with Crippen molar-refractivity contribution >= 4 is 30.0 Å². The van der Waals surface area contributed by atoms with Crippen molar-refractivity contribution in [3.05, 3.63) is 84.9 Å². The van der Waals surface area contributed by atoms with Crippen LogP contribution in [0.25, 0.3) is 0 Å². The van der Waals surface area contributed by atoms with Crippen molar-refractivity contribution in [3.63, 3.8) is 0 Å². The van der Waals surface area contributed by atoms with E-state index in [4.69, 9.17) is 0 Å². The molecule has 3 aromatic rings. The van der Waals surface area contributed by atoms with Gasteiger partial charge in [0.1, 0.15) is 0 Å². The number of rotatable bonds is 4. The van der Waals surface area contributed by atoms with Gasteiger partial charge in [-0.15, -0.1) is 0 Å². The minimum Gasteiger partial charge on any atom is -0.378 e. The van der Waals surface area contributed by atoms with Crippen molar-refractivity contribution < 1.29 is 0 Å². The molecule has 0 aromatic heterocycles. The molecule has 0 amide bonds. The maximum Gasteiger partial charge on any atom is 0.157 e. The molecule has 0 aliphatic heterocycles. The van der Waals surface area contributed by atoms with Gasteiger partial charge in [-0.05, 0) is 11.3 Å². The van der Waals surface area contributed by atoms with E-state index in [1.807, 2.05) is 0 Å². The highest BCUT2D eigenvalue weighted by Crippen LogP contribution is 2.09. The van der Waals surface area contributed by atoms with Crippen molar-refractivity contribution in [2.75, 3.05) is 19.0 Å². The van der Waals surface area contributed by atoms with Gasteiger partial charge in [-0.1, -0.05) is 89.2 Å². The Hall–Kier alpha value is -2.32. The van der Waals surface area contributed by atoms with E-state index in [9.17, 15) is 0 Å². The van der Waals surface area contributed by atoms with Gasteiger partial charge >= 0.3 is 0 Å². The third kappa shape index (κ3) is 2.97. The smallest absolute Gasteiger partial charge is 0.157 e. The molecule has 22 heavy (non-hydrogen) atoms. The molecule has 109 valence electrons. The average molecular weight is 302 g/mol. The predicted molar refractivity (Wildman–Crippen MR) is 98.3 cm³/mol. The molecule has 0 fully saturated rings. The van der Waals surface area contributed by atoms with Crippen LogP contribution in [-0.2, 0) is 0 Å². The van der Waals surface area contributed by atoms with Gasteiger partial charge < -0.3 is 4.90 Å². The SMILES string of the molecule is CN(C)c1ccccc1[Si](c1ccccc1)c1ccccc1. The van der Waals surface area contributed by atoms with E-state index in [1.165, 1.54) is 21.2 Å². The lowest BCUT2D eigenvalue weighted by Gasteiger charge is -2.23. The molecule has 3 rings (SSSR count). The summed E-state index contributed by atoms with van der Waals surface area (Å²) in [7, 11) is 3.25. The van der Waals surface area contributed by atoms with Crippen molar-refractivity contribution in [2.24, 2.45) is 0 Å². The summed E-state index contributed by atoms with van der Waals surface area (Å²) in [6, 6.07) is 30.5. The fourth-order valence-electron chi connectivity index (χ4n) is 2.76. The number of benzene rings is 3. The third-order valence-electron chi connectivity index (χ3n) is 3.78. The summed E-state index contributed by atoms with van der Waals surface area (Å²) >= 11 is 0. The molecule has 2 heteroatoms. The molecule has 0 heterocycles. The van der Waals surface area contributed by atoms with Crippen LogP contribution in [0.5, 0.6) is 0 Å². The monoisotopic (exact) mass is 302 g/mol. The first-order valence-corrected chi connectivity index (χ1v) is 9.02. The predicted octanol–water partition coefficient (Wildman–Crippen LogP) is 2.27. The minimum absolute atomic E-state index is 0.993. The maximum atomic E-state index is 2.28. The van der Waals surface area contributed by atoms with Gasteiger partial charge in [0, 0.05) is 19.8 Å². The molecule has 1 radical (unpaired) electrons. The largest absolute Gasteiger partial charge is 0.378 e. The molecule has 0 aliphatic rings. The van der Waals surface area contributed by atoms with Crippen LogP contribution in [0.4, 0.5) is 5.69 Å². The second kappa shape index (κ2) is 6.63. The second-order valence-electron chi connectivity index (χ2n) is 5.52. The summed E-state index contributed by atoms with van der Waals surface area (Å²) in [5.74, 6) is 0. The average Bonchev–Trinajstić information content (AvgIpc) is 2.57. The Labute approximate surface area is 134 Å². The lowest BCUT2D eigenvalue weighted by molar-refractivity contribution is 1.14. The molecule has 3 aromatic carbocycles. The Morgan fingerprint density at radius 3 is 1.55 bits per heavy atom. The van der Waals surface area contributed by atoms with Gasteiger partial charge in [0.2, 0.25) is 0 Å². The Morgan fingerprint density at radius 2 is 1.05 bits per heavy atom. The molecule has 0 atom stereocenters. The number of hydrogen-bond donors (Lipinski definition) is 0. The number of nitrogens with zero attached hydrogens (tertiary/aromatic N) is 1. The summed E-state index contributed by atoms with van der Waals surface area (Å²) in [6.45, 7) is 0. The fraction of sp³-hybridized carbons (Fsp3) is 0.100. The van der Waals surface area contributed by atoms with Crippen molar-refractivity contribution in [1.29, 1.82) is 0 Å². The molecule has 0 aliphatic carbocycles. The lowest BCUT2D eigenvalue weighted by atomic mass is 10.3. The van der Waals surface area contributed by atoms with Crippen LogP contribution in [0, 0.1) is 0 Å². The zero-order valence-electron chi connectivity index (χ0n) is 13.0. The summed E-state index contributed by atoms with van der Waals surface area (Å²) < 4.78 is 0. The number of hydrogen-bond acceptors (Lipinski definition) is 1. The summed E-state index contributed by atoms with van der Waals surface area (Å²) in [4.78, 5) is 2.21. The normalized spacial score (nSPS) is 10.7. The molecule has 0 saturated carbocycles. The van der Waals surface area contributed by atoms with Gasteiger partial charge in [-0.25, -0.2) is 0 Å². The van der Waals surface area contributed by atoms with E-state index in [0.717, 1.165) is 0 Å². The number of anilines is 1. The molecule has 1 nitrogen and oxygen atoms in total. The first-order valence-electron chi connectivity index (χ1n) is 7.52. The molecule has 0 N–H and O–H groups in total. The van der Waals surface area contributed by atoms with E-state index >= 15 is 0 Å². The Kier molecular flexibility index (Phi) is 4.40. The van der Waals surface area contributed by atoms with E-state index in [-0.39, 0.29) is 0 Å². The summed E-state index contributed by atoms with van der Waals surface area (Å²) in [5.41, 5.74) is 1.31. The maximum absolute atomic E-state index is 2.28. The highest BCUT2D eigenvalue weighted by molar-refractivity contribution is 6.96. The third-order valence-corrected chi connectivity index (χ3v) is 6.56. The molecule has 0 unspecified atom stereocenters. The number of para-hydroxylation sites is 1. The van der Waals surface area contributed by atoms with Crippen LogP contribution < -0.4 is 20.5 Å². The Bertz CT molecular complexity index is 683. The zero-order chi connectivity index (χ0) is 15.4. The van der Waals surface area contributed by atoms with Crippen LogP contribution in [0.15, 0.2) is 84.9 Å². The van der Waals surface area contributed by atoms with E-state index < -0.39 is 8.80 Å². The topological polar surface area (TPSA) is 3.24 Å². The van der Waals surface area contributed by atoms with Gasteiger partial charge in [0.05, 0.1) is 0 Å². The molecule has 0 spiro atoms. The van der Waals surface area contributed by atoms with Crippen LogP contribution in [0.1, 0.15) is 0 Å². The van der Waals surface area contributed by atoms with Crippen LogP contribution >= 0.6 is 0 Å². The van der Waals surface area contributed by atoms with Crippen LogP contribution in [0.3, 0.4) is 0 Å². The minimum atomic E-state index is -0.993. The van der Waals surface area contributed by atoms with Crippen molar-refractivity contribution in [1.82, 2.24) is 0 Å². The van der Waals surface area contributed by atoms with Gasteiger partial charge in [0.25, 0.3) is 0 Å². The molecule has 0 bridgehead atoms. The first kappa shape index (κ1) is 14.6. The fourth-order valence-corrected chi connectivity index (χ4v) is 5.60. The van der Waals surface area contributed by atoms with E-state index in [2.05, 4.69) is 104 Å². The molecular weight excluding hydrogens is 282 g/mol. The van der Waals surface area contributed by atoms with Crippen LogP contribution in [-0.4, -0.2) is 22.9 Å². The summed E-state index contributed by atoms with van der Waals surface area (Å²) in [5, 5.41) is 4.29. The van der Waals surface area contributed by atoms with Gasteiger partial charge in [-0.2, -0.15) is 0 Å². The van der Waals surface area contributed by atoms with Crippen molar-refractivity contribution in [2.45, 2.75) is 0 Å². The lowest BCUT2D eigenvalue weighted by Crippen LogP contribution is -2.53. The van der Waals surface area contributed by atoms with Crippen molar-refractivity contribution in [3.8, 4) is 0 Å². The summed E-state index contributed by atoms with van der Waals surface area (Å²) in [6.07, 6.45) is 0. The first-order chi connectivity index (χ1) is 10.8. The van der Waals surface area contributed by atoms with Gasteiger partial charge in [-0.3, -0.25) is 0 Å². The zero-order valence-corrected chi connectivity index (χ0v) is 14.0. The van der Waals surface area contributed by atoms with E-state index in [1.54, 1.807) is 0 Å². The molecule has 0 saturated heterocycles. The second-order valence-corrected chi connectivity index (χ2v) is 7.96. The molecular formula is C20H20NSi. The van der Waals surface area contributed by atoms with Crippen LogP contribution in [0.2, 0.25) is 0 Å². The highest BCUT2D eigenvalue weighted by atomic mass is 28.3. The Morgan fingerprint density at radius 1 is 0.591 bits per heavy atom. The van der Waals surface area contributed by atoms with Gasteiger partial charge in [0.15, 0.2) is 8.80 Å². The quantitative estimate of drug-likeness (QED) is 0.528. The Balaban J connectivity index is 2.19. The standard InChI is InChI=1S/C20H20NSi/c1-21(2)19-15-9-10-16-20(19)22(17-11-5-3-6-12-17)18-13-7-4-8-14-18/h3-16H,1-2H3. The highest BCUT2D eigenvalue weighted by Gasteiger charge is 2.22.